The Balaban J connectivity index is 1.97. The van der Waals surface area contributed by atoms with E-state index in [2.05, 4.69) is 5.32 Å². The van der Waals surface area contributed by atoms with E-state index in [1.807, 2.05) is 26.0 Å². The van der Waals surface area contributed by atoms with Crippen LogP contribution >= 0.6 is 0 Å². The first-order chi connectivity index (χ1) is 12.7. The van der Waals surface area contributed by atoms with E-state index in [1.54, 1.807) is 26.8 Å². The molecular formula is C20H28N2O5. The van der Waals surface area contributed by atoms with Crippen molar-refractivity contribution in [3.8, 4) is 0 Å². The molecule has 0 aliphatic carbocycles. The topological polar surface area (TPSA) is 77.1 Å². The van der Waals surface area contributed by atoms with Gasteiger partial charge in [-0.3, -0.25) is 4.79 Å². The summed E-state index contributed by atoms with van der Waals surface area (Å²) >= 11 is 0. The highest BCUT2D eigenvalue weighted by Crippen LogP contribution is 2.43. The number of nitrogens with one attached hydrogen (secondary N) is 1. The maximum absolute atomic E-state index is 13.1. The third-order valence-corrected chi connectivity index (χ3v) is 4.73. The van der Waals surface area contributed by atoms with Crippen molar-refractivity contribution in [3.05, 3.63) is 34.9 Å². The summed E-state index contributed by atoms with van der Waals surface area (Å²) in [5.74, 6) is -0.339. The van der Waals surface area contributed by atoms with Gasteiger partial charge in [0.1, 0.15) is 11.1 Å². The lowest BCUT2D eigenvalue weighted by Gasteiger charge is -2.45. The zero-order chi connectivity index (χ0) is 19.8. The summed E-state index contributed by atoms with van der Waals surface area (Å²) in [5.41, 5.74) is 0.751. The van der Waals surface area contributed by atoms with Crippen molar-refractivity contribution in [2.45, 2.75) is 52.0 Å². The number of rotatable bonds is 5. The van der Waals surface area contributed by atoms with Crippen molar-refractivity contribution in [1.29, 1.82) is 0 Å². The molecule has 2 aliphatic rings. The second-order valence-corrected chi connectivity index (χ2v) is 7.80. The summed E-state index contributed by atoms with van der Waals surface area (Å²) in [4.78, 5) is 27.2. The highest BCUT2D eigenvalue weighted by molar-refractivity contribution is 6.08. The van der Waals surface area contributed by atoms with Gasteiger partial charge in [-0.1, -0.05) is 12.1 Å². The number of hydrogen-bond donors (Lipinski definition) is 1. The quantitative estimate of drug-likeness (QED) is 0.796. The summed E-state index contributed by atoms with van der Waals surface area (Å²) < 4.78 is 16.8. The van der Waals surface area contributed by atoms with Crippen molar-refractivity contribution in [1.82, 2.24) is 10.2 Å². The van der Waals surface area contributed by atoms with Gasteiger partial charge < -0.3 is 19.5 Å². The van der Waals surface area contributed by atoms with Gasteiger partial charge in [-0.15, -0.1) is 0 Å². The van der Waals surface area contributed by atoms with Gasteiger partial charge in [0.05, 0.1) is 0 Å². The third kappa shape index (κ3) is 3.47. The van der Waals surface area contributed by atoms with E-state index in [9.17, 15) is 9.59 Å². The predicted molar refractivity (Wildman–Crippen MR) is 99.4 cm³/mol. The van der Waals surface area contributed by atoms with Crippen molar-refractivity contribution < 1.29 is 23.8 Å². The Morgan fingerprint density at radius 1 is 1.22 bits per heavy atom. The Morgan fingerprint density at radius 2 is 1.85 bits per heavy atom. The molecule has 2 amide bonds. The molecule has 0 radical (unpaired) electrons. The molecule has 1 spiro atoms. The van der Waals surface area contributed by atoms with Gasteiger partial charge in [0, 0.05) is 37.4 Å². The Kier molecular flexibility index (Phi) is 5.29. The van der Waals surface area contributed by atoms with Gasteiger partial charge in [-0.25, -0.2) is 9.69 Å². The number of nitrogens with zero attached hydrogens (tertiary/aromatic N) is 1. The van der Waals surface area contributed by atoms with Crippen LogP contribution in [0.2, 0.25) is 0 Å². The standard InChI is InChI=1S/C20H28N2O5/c1-6-25-17(26-7-2)13-8-9-15-14(10-13)16(23)22(20(15)11-21-12-20)18(24)27-19(3,4)5/h8-10,17,21H,6-7,11-12H2,1-5H3. The van der Waals surface area contributed by atoms with Crippen molar-refractivity contribution in [3.63, 3.8) is 0 Å². The van der Waals surface area contributed by atoms with Crippen molar-refractivity contribution in [2.75, 3.05) is 26.3 Å². The summed E-state index contributed by atoms with van der Waals surface area (Å²) in [6, 6.07) is 5.58. The molecule has 2 aliphatic heterocycles. The van der Waals surface area contributed by atoms with Gasteiger partial charge in [0.15, 0.2) is 6.29 Å². The molecule has 1 aromatic carbocycles. The molecule has 1 N–H and O–H groups in total. The van der Waals surface area contributed by atoms with E-state index in [-0.39, 0.29) is 5.91 Å². The SMILES string of the molecule is CCOC(OCC)c1ccc2c(c1)C(=O)N(C(=O)OC(C)(C)C)C21CNC1. The van der Waals surface area contributed by atoms with Crippen LogP contribution < -0.4 is 5.32 Å². The van der Waals surface area contributed by atoms with Crippen molar-refractivity contribution in [2.24, 2.45) is 0 Å². The molecule has 1 aromatic rings. The molecule has 148 valence electrons. The molecule has 0 unspecified atom stereocenters. The average molecular weight is 376 g/mol. The number of hydrogen-bond acceptors (Lipinski definition) is 6. The van der Waals surface area contributed by atoms with Crippen LogP contribution in [0, 0.1) is 0 Å². The van der Waals surface area contributed by atoms with E-state index in [4.69, 9.17) is 14.2 Å². The van der Waals surface area contributed by atoms with Crippen molar-refractivity contribution >= 4 is 12.0 Å². The van der Waals surface area contributed by atoms with Crippen LogP contribution in [-0.4, -0.2) is 48.8 Å². The Hall–Kier alpha value is -1.96. The molecule has 0 bridgehead atoms. The summed E-state index contributed by atoms with van der Waals surface area (Å²) in [7, 11) is 0. The molecule has 0 saturated carbocycles. The number of ether oxygens (including phenoxy) is 3. The van der Waals surface area contributed by atoms with Gasteiger partial charge >= 0.3 is 6.09 Å². The molecule has 1 saturated heterocycles. The zero-order valence-corrected chi connectivity index (χ0v) is 16.6. The first-order valence-electron chi connectivity index (χ1n) is 9.39. The van der Waals surface area contributed by atoms with Crippen LogP contribution in [0.5, 0.6) is 0 Å². The number of carbonyl (C=O) groups excluding carboxylic acids is 2. The van der Waals surface area contributed by atoms with Crippen LogP contribution in [0.25, 0.3) is 0 Å². The van der Waals surface area contributed by atoms with E-state index in [0.29, 0.717) is 31.9 Å². The zero-order valence-electron chi connectivity index (χ0n) is 16.6. The van der Waals surface area contributed by atoms with Crippen LogP contribution in [0.4, 0.5) is 4.79 Å². The largest absolute Gasteiger partial charge is 0.443 e. The summed E-state index contributed by atoms with van der Waals surface area (Å²) in [6.45, 7) is 11.2. The molecule has 7 nitrogen and oxygen atoms in total. The number of imide groups is 1. The molecule has 7 heteroatoms. The number of amides is 2. The fourth-order valence-corrected chi connectivity index (χ4v) is 3.55. The molecule has 0 atom stereocenters. The minimum Gasteiger partial charge on any atom is -0.443 e. The maximum Gasteiger partial charge on any atom is 0.418 e. The predicted octanol–water partition coefficient (Wildman–Crippen LogP) is 2.95. The number of benzene rings is 1. The Morgan fingerprint density at radius 3 is 2.33 bits per heavy atom. The number of carbonyl (C=O) groups is 2. The van der Waals surface area contributed by atoms with E-state index < -0.39 is 23.5 Å². The minimum atomic E-state index is -0.681. The smallest absolute Gasteiger partial charge is 0.418 e. The second kappa shape index (κ2) is 7.22. The van der Waals surface area contributed by atoms with Crippen LogP contribution in [0.15, 0.2) is 18.2 Å². The molecular weight excluding hydrogens is 348 g/mol. The van der Waals surface area contributed by atoms with Crippen LogP contribution in [0.1, 0.15) is 62.4 Å². The molecule has 0 aromatic heterocycles. The summed E-state index contributed by atoms with van der Waals surface area (Å²) in [5, 5.41) is 3.18. The molecule has 3 rings (SSSR count). The van der Waals surface area contributed by atoms with E-state index >= 15 is 0 Å². The lowest BCUT2D eigenvalue weighted by Crippen LogP contribution is -2.66. The second-order valence-electron chi connectivity index (χ2n) is 7.80. The van der Waals surface area contributed by atoms with E-state index in [1.165, 1.54) is 4.90 Å². The fourth-order valence-electron chi connectivity index (χ4n) is 3.55. The first-order valence-corrected chi connectivity index (χ1v) is 9.39. The summed E-state index contributed by atoms with van der Waals surface area (Å²) in [6.07, 6.45) is -1.15. The fraction of sp³-hybridized carbons (Fsp3) is 0.600. The normalized spacial score (nSPS) is 18.0. The van der Waals surface area contributed by atoms with Gasteiger partial charge in [0.2, 0.25) is 0 Å². The maximum atomic E-state index is 13.1. The van der Waals surface area contributed by atoms with Gasteiger partial charge in [-0.05, 0) is 46.2 Å². The molecule has 1 fully saturated rings. The van der Waals surface area contributed by atoms with Crippen LogP contribution in [-0.2, 0) is 19.7 Å². The van der Waals surface area contributed by atoms with E-state index in [0.717, 1.165) is 11.1 Å². The molecule has 27 heavy (non-hydrogen) atoms. The molecule has 2 heterocycles. The minimum absolute atomic E-state index is 0.339. The van der Waals surface area contributed by atoms with Crippen LogP contribution in [0.3, 0.4) is 0 Å². The van der Waals surface area contributed by atoms with Gasteiger partial charge in [-0.2, -0.15) is 0 Å². The monoisotopic (exact) mass is 376 g/mol. The Bertz CT molecular complexity index is 730. The lowest BCUT2D eigenvalue weighted by atomic mass is 9.83. The lowest BCUT2D eigenvalue weighted by molar-refractivity contribution is -0.140. The number of fused-ring (bicyclic) bond motifs is 2. The van der Waals surface area contributed by atoms with Gasteiger partial charge in [0.25, 0.3) is 5.91 Å². The third-order valence-electron chi connectivity index (χ3n) is 4.73. The Labute approximate surface area is 160 Å². The highest BCUT2D eigenvalue weighted by Gasteiger charge is 2.57. The average Bonchev–Trinajstić information content (AvgIpc) is 2.82. The highest BCUT2D eigenvalue weighted by atomic mass is 16.7. The first kappa shape index (κ1) is 19.8.